The van der Waals surface area contributed by atoms with E-state index in [0.717, 1.165) is 32.4 Å². The highest BCUT2D eigenvalue weighted by molar-refractivity contribution is 7.09. The van der Waals surface area contributed by atoms with E-state index in [1.54, 1.807) is 11.3 Å². The van der Waals surface area contributed by atoms with Gasteiger partial charge in [0.25, 0.3) is 0 Å². The number of nitrogens with one attached hydrogen (secondary N) is 1. The zero-order valence-corrected chi connectivity index (χ0v) is 12.9. The minimum atomic E-state index is -0.168. The van der Waals surface area contributed by atoms with Gasteiger partial charge in [0.05, 0.1) is 5.41 Å². The first-order chi connectivity index (χ1) is 9.09. The molecule has 0 spiro atoms. The number of carbonyl (C=O) groups is 1. The normalized spacial score (nSPS) is 24.4. The SMILES string of the molecule is CCC1(C(=O)N(C)C(C)Cc2cccs2)CCNC1. The Balaban J connectivity index is 2.01. The lowest BCUT2D eigenvalue weighted by Crippen LogP contribution is -2.47. The number of amides is 1. The van der Waals surface area contributed by atoms with Gasteiger partial charge in [0.1, 0.15) is 0 Å². The third-order valence-electron chi connectivity index (χ3n) is 4.43. The van der Waals surface area contributed by atoms with Gasteiger partial charge < -0.3 is 10.2 Å². The Morgan fingerprint density at radius 1 is 1.63 bits per heavy atom. The summed E-state index contributed by atoms with van der Waals surface area (Å²) in [7, 11) is 1.95. The monoisotopic (exact) mass is 280 g/mol. The number of thiophene rings is 1. The fraction of sp³-hybridized carbons (Fsp3) is 0.667. The van der Waals surface area contributed by atoms with Crippen LogP contribution in [-0.2, 0) is 11.2 Å². The lowest BCUT2D eigenvalue weighted by atomic mass is 9.82. The van der Waals surface area contributed by atoms with Gasteiger partial charge in [-0.05, 0) is 37.8 Å². The Morgan fingerprint density at radius 2 is 2.42 bits per heavy atom. The minimum Gasteiger partial charge on any atom is -0.342 e. The van der Waals surface area contributed by atoms with Crippen LogP contribution in [0.3, 0.4) is 0 Å². The van der Waals surface area contributed by atoms with Crippen molar-refractivity contribution in [3.8, 4) is 0 Å². The summed E-state index contributed by atoms with van der Waals surface area (Å²) in [6.07, 6.45) is 2.85. The van der Waals surface area contributed by atoms with Crippen molar-refractivity contribution in [3.63, 3.8) is 0 Å². The number of carbonyl (C=O) groups excluding carboxylic acids is 1. The Labute approximate surface area is 120 Å². The van der Waals surface area contributed by atoms with E-state index in [1.807, 2.05) is 11.9 Å². The first-order valence-corrected chi connectivity index (χ1v) is 7.97. The second-order valence-corrected chi connectivity index (χ2v) is 6.64. The summed E-state index contributed by atoms with van der Waals surface area (Å²) in [5.41, 5.74) is -0.168. The molecule has 1 aromatic heterocycles. The topological polar surface area (TPSA) is 32.3 Å². The molecule has 0 bridgehead atoms. The van der Waals surface area contributed by atoms with Gasteiger partial charge in [0.2, 0.25) is 5.91 Å². The van der Waals surface area contributed by atoms with Crippen LogP contribution in [0.2, 0.25) is 0 Å². The summed E-state index contributed by atoms with van der Waals surface area (Å²) in [5.74, 6) is 0.309. The fourth-order valence-corrected chi connectivity index (χ4v) is 3.64. The van der Waals surface area contributed by atoms with Crippen LogP contribution in [0.5, 0.6) is 0 Å². The number of nitrogens with zero attached hydrogens (tertiary/aromatic N) is 1. The molecule has 3 nitrogen and oxygen atoms in total. The van der Waals surface area contributed by atoms with Crippen molar-refractivity contribution >= 4 is 17.2 Å². The van der Waals surface area contributed by atoms with E-state index in [4.69, 9.17) is 0 Å². The first-order valence-electron chi connectivity index (χ1n) is 7.09. The van der Waals surface area contributed by atoms with Crippen LogP contribution in [-0.4, -0.2) is 37.0 Å². The Morgan fingerprint density at radius 3 is 2.95 bits per heavy atom. The highest BCUT2D eigenvalue weighted by Gasteiger charge is 2.41. The molecule has 1 aliphatic heterocycles. The molecule has 106 valence electrons. The van der Waals surface area contributed by atoms with Crippen molar-refractivity contribution in [3.05, 3.63) is 22.4 Å². The van der Waals surface area contributed by atoms with Crippen molar-refractivity contribution in [1.29, 1.82) is 0 Å². The van der Waals surface area contributed by atoms with Crippen molar-refractivity contribution < 1.29 is 4.79 Å². The van der Waals surface area contributed by atoms with Gasteiger partial charge in [-0.15, -0.1) is 11.3 Å². The largest absolute Gasteiger partial charge is 0.342 e. The Kier molecular flexibility index (Phi) is 4.63. The molecule has 0 aromatic carbocycles. The summed E-state index contributed by atoms with van der Waals surface area (Å²) in [4.78, 5) is 16.1. The molecule has 2 atom stereocenters. The van der Waals surface area contributed by atoms with Gasteiger partial charge in [0.15, 0.2) is 0 Å². The molecule has 19 heavy (non-hydrogen) atoms. The average Bonchev–Trinajstić information content (AvgIpc) is 3.08. The molecule has 0 aliphatic carbocycles. The molecular formula is C15H24N2OS. The highest BCUT2D eigenvalue weighted by Crippen LogP contribution is 2.32. The van der Waals surface area contributed by atoms with Crippen LogP contribution in [0.1, 0.15) is 31.6 Å². The molecule has 1 saturated heterocycles. The smallest absolute Gasteiger partial charge is 0.230 e. The average molecular weight is 280 g/mol. The number of hydrogen-bond acceptors (Lipinski definition) is 3. The molecule has 1 fully saturated rings. The van der Waals surface area contributed by atoms with Gasteiger partial charge in [-0.3, -0.25) is 4.79 Å². The van der Waals surface area contributed by atoms with Crippen LogP contribution in [0.15, 0.2) is 17.5 Å². The zero-order valence-electron chi connectivity index (χ0n) is 12.1. The predicted octanol–water partition coefficient (Wildman–Crippen LogP) is 2.53. The molecule has 0 radical (unpaired) electrons. The fourth-order valence-electron chi connectivity index (χ4n) is 2.81. The number of likely N-dealkylation sites (N-methyl/N-ethyl adjacent to an activating group) is 1. The second-order valence-electron chi connectivity index (χ2n) is 5.61. The molecule has 2 unspecified atom stereocenters. The molecule has 2 heterocycles. The lowest BCUT2D eigenvalue weighted by molar-refractivity contribution is -0.141. The van der Waals surface area contributed by atoms with Crippen molar-refractivity contribution in [2.75, 3.05) is 20.1 Å². The third kappa shape index (κ3) is 3.00. The quantitative estimate of drug-likeness (QED) is 0.899. The molecule has 1 N–H and O–H groups in total. The summed E-state index contributed by atoms with van der Waals surface area (Å²) in [6, 6.07) is 4.48. The standard InChI is InChI=1S/C15H24N2OS/c1-4-15(7-8-16-11-15)14(18)17(3)12(2)10-13-6-5-9-19-13/h5-6,9,12,16H,4,7-8,10-11H2,1-3H3. The number of rotatable bonds is 5. The van der Waals surface area contributed by atoms with E-state index in [-0.39, 0.29) is 11.5 Å². The van der Waals surface area contributed by atoms with Crippen LogP contribution < -0.4 is 5.32 Å². The Bertz CT molecular complexity index is 410. The van der Waals surface area contributed by atoms with Gasteiger partial charge >= 0.3 is 0 Å². The van der Waals surface area contributed by atoms with E-state index in [2.05, 4.69) is 36.7 Å². The predicted molar refractivity (Wildman–Crippen MR) is 80.5 cm³/mol. The molecular weight excluding hydrogens is 256 g/mol. The first kappa shape index (κ1) is 14.5. The van der Waals surface area contributed by atoms with Gasteiger partial charge in [0, 0.05) is 30.9 Å². The van der Waals surface area contributed by atoms with Crippen LogP contribution >= 0.6 is 11.3 Å². The summed E-state index contributed by atoms with van der Waals surface area (Å²) in [6.45, 7) is 6.07. The van der Waals surface area contributed by atoms with Crippen LogP contribution in [0.25, 0.3) is 0 Å². The maximum absolute atomic E-state index is 12.8. The van der Waals surface area contributed by atoms with Crippen LogP contribution in [0.4, 0.5) is 0 Å². The van der Waals surface area contributed by atoms with Gasteiger partial charge in [-0.25, -0.2) is 0 Å². The molecule has 4 heteroatoms. The van der Waals surface area contributed by atoms with Crippen molar-refractivity contribution in [2.45, 2.75) is 39.2 Å². The van der Waals surface area contributed by atoms with E-state index in [9.17, 15) is 4.79 Å². The van der Waals surface area contributed by atoms with Crippen molar-refractivity contribution in [2.24, 2.45) is 5.41 Å². The molecule has 1 aromatic rings. The maximum Gasteiger partial charge on any atom is 0.230 e. The van der Waals surface area contributed by atoms with Crippen LogP contribution in [0, 0.1) is 5.41 Å². The van der Waals surface area contributed by atoms with Gasteiger partial charge in [-0.2, -0.15) is 0 Å². The minimum absolute atomic E-state index is 0.168. The number of hydrogen-bond donors (Lipinski definition) is 1. The molecule has 2 rings (SSSR count). The van der Waals surface area contributed by atoms with E-state index < -0.39 is 0 Å². The zero-order chi connectivity index (χ0) is 13.9. The van der Waals surface area contributed by atoms with Gasteiger partial charge in [-0.1, -0.05) is 13.0 Å². The van der Waals surface area contributed by atoms with Crippen molar-refractivity contribution in [1.82, 2.24) is 10.2 Å². The maximum atomic E-state index is 12.8. The van der Waals surface area contributed by atoms with E-state index in [0.29, 0.717) is 5.91 Å². The van der Waals surface area contributed by atoms with E-state index in [1.165, 1.54) is 4.88 Å². The lowest BCUT2D eigenvalue weighted by Gasteiger charge is -2.34. The molecule has 1 aliphatic rings. The summed E-state index contributed by atoms with van der Waals surface area (Å²) < 4.78 is 0. The summed E-state index contributed by atoms with van der Waals surface area (Å²) >= 11 is 1.77. The third-order valence-corrected chi connectivity index (χ3v) is 5.33. The molecule has 0 saturated carbocycles. The molecule has 1 amide bonds. The second kappa shape index (κ2) is 6.06. The van der Waals surface area contributed by atoms with E-state index >= 15 is 0 Å². The Hall–Kier alpha value is -0.870. The summed E-state index contributed by atoms with van der Waals surface area (Å²) in [5, 5.41) is 5.43. The highest BCUT2D eigenvalue weighted by atomic mass is 32.1.